The van der Waals surface area contributed by atoms with Crippen LogP contribution in [0.1, 0.15) is 27.7 Å². The predicted molar refractivity (Wildman–Crippen MR) is 51.7 cm³/mol. The molecule has 13 heavy (non-hydrogen) atoms. The Labute approximate surface area is 80.1 Å². The molecular weight excluding hydrogens is 169 g/mol. The van der Waals surface area contributed by atoms with Gasteiger partial charge in [-0.25, -0.2) is 4.39 Å². The molecule has 0 N–H and O–H groups in total. The smallest absolute Gasteiger partial charge is 0.133 e. The Balaban J connectivity index is 2.03. The van der Waals surface area contributed by atoms with Crippen LogP contribution in [-0.2, 0) is 4.74 Å². The van der Waals surface area contributed by atoms with Crippen LogP contribution in [0.3, 0.4) is 0 Å². The van der Waals surface area contributed by atoms with Crippen LogP contribution in [-0.4, -0.2) is 42.4 Å². The molecule has 0 aromatic heterocycles. The lowest BCUT2D eigenvalue weighted by atomic mass is 9.99. The quantitative estimate of drug-likeness (QED) is 0.671. The molecule has 1 fully saturated rings. The summed E-state index contributed by atoms with van der Waals surface area (Å²) in [6.45, 7) is 10.4. The van der Waals surface area contributed by atoms with Crippen molar-refractivity contribution in [1.29, 1.82) is 0 Å². The van der Waals surface area contributed by atoms with E-state index in [0.29, 0.717) is 19.7 Å². The van der Waals surface area contributed by atoms with Gasteiger partial charge in [-0.1, -0.05) is 0 Å². The summed E-state index contributed by atoms with van der Waals surface area (Å²) < 4.78 is 18.6. The minimum Gasteiger partial charge on any atom is -0.375 e. The maximum atomic E-state index is 13.0. The van der Waals surface area contributed by atoms with Crippen LogP contribution in [0.5, 0.6) is 0 Å². The SMILES string of the molecule is CC1(F)CN(CCOC(C)(C)C)C1. The molecule has 0 unspecified atom stereocenters. The Morgan fingerprint density at radius 1 is 1.38 bits per heavy atom. The Morgan fingerprint density at radius 3 is 2.31 bits per heavy atom. The average Bonchev–Trinajstić information content (AvgIpc) is 1.79. The van der Waals surface area contributed by atoms with Gasteiger partial charge in [0.1, 0.15) is 5.67 Å². The van der Waals surface area contributed by atoms with Crippen LogP contribution in [0.4, 0.5) is 4.39 Å². The van der Waals surface area contributed by atoms with Crippen molar-refractivity contribution < 1.29 is 9.13 Å². The van der Waals surface area contributed by atoms with Crippen molar-refractivity contribution >= 4 is 0 Å². The summed E-state index contributed by atoms with van der Waals surface area (Å²) in [6.07, 6.45) is 0. The maximum absolute atomic E-state index is 13.0. The normalized spacial score (nSPS) is 22.8. The minimum absolute atomic E-state index is 0.0795. The highest BCUT2D eigenvalue weighted by Gasteiger charge is 2.38. The molecule has 1 aliphatic rings. The first kappa shape index (κ1) is 10.9. The van der Waals surface area contributed by atoms with Crippen LogP contribution < -0.4 is 0 Å². The van der Waals surface area contributed by atoms with Gasteiger partial charge in [-0.05, 0) is 27.7 Å². The second-order valence-corrected chi connectivity index (χ2v) is 5.08. The van der Waals surface area contributed by atoms with E-state index in [1.54, 1.807) is 6.92 Å². The summed E-state index contributed by atoms with van der Waals surface area (Å²) in [5.74, 6) is 0. The maximum Gasteiger partial charge on any atom is 0.133 e. The molecule has 0 aromatic carbocycles. The summed E-state index contributed by atoms with van der Waals surface area (Å²) in [7, 11) is 0. The molecule has 0 aliphatic carbocycles. The fraction of sp³-hybridized carbons (Fsp3) is 1.00. The molecule has 1 heterocycles. The van der Waals surface area contributed by atoms with E-state index in [1.807, 2.05) is 20.8 Å². The largest absolute Gasteiger partial charge is 0.375 e. The molecule has 2 nitrogen and oxygen atoms in total. The van der Waals surface area contributed by atoms with E-state index in [0.717, 1.165) is 6.54 Å². The molecule has 3 heteroatoms. The van der Waals surface area contributed by atoms with Gasteiger partial charge in [0.15, 0.2) is 0 Å². The molecule has 1 aliphatic heterocycles. The monoisotopic (exact) mass is 189 g/mol. The van der Waals surface area contributed by atoms with Crippen molar-refractivity contribution in [1.82, 2.24) is 4.90 Å². The lowest BCUT2D eigenvalue weighted by Crippen LogP contribution is -2.57. The van der Waals surface area contributed by atoms with Crippen molar-refractivity contribution in [3.63, 3.8) is 0 Å². The molecule has 0 aromatic rings. The third-order valence-corrected chi connectivity index (χ3v) is 2.05. The number of halogens is 1. The lowest BCUT2D eigenvalue weighted by molar-refractivity contribution is -0.0581. The van der Waals surface area contributed by atoms with E-state index in [4.69, 9.17) is 4.74 Å². The number of likely N-dealkylation sites (tertiary alicyclic amines) is 1. The van der Waals surface area contributed by atoms with Crippen molar-refractivity contribution in [3.8, 4) is 0 Å². The summed E-state index contributed by atoms with van der Waals surface area (Å²) in [5, 5.41) is 0. The molecular formula is C10H20FNO. The van der Waals surface area contributed by atoms with Gasteiger partial charge in [-0.3, -0.25) is 4.90 Å². The standard InChI is InChI=1S/C10H20FNO/c1-9(2,3)13-6-5-12-7-10(4,11)8-12/h5-8H2,1-4H3. The Hall–Kier alpha value is -0.150. The molecule has 0 radical (unpaired) electrons. The van der Waals surface area contributed by atoms with E-state index >= 15 is 0 Å². The fourth-order valence-corrected chi connectivity index (χ4v) is 1.53. The number of nitrogens with zero attached hydrogens (tertiary/aromatic N) is 1. The number of hydrogen-bond donors (Lipinski definition) is 0. The minimum atomic E-state index is -0.957. The topological polar surface area (TPSA) is 12.5 Å². The zero-order chi connectivity index (χ0) is 10.1. The van der Waals surface area contributed by atoms with Crippen molar-refractivity contribution in [3.05, 3.63) is 0 Å². The average molecular weight is 189 g/mol. The first-order valence-electron chi connectivity index (χ1n) is 4.84. The van der Waals surface area contributed by atoms with Gasteiger partial charge in [-0.2, -0.15) is 0 Å². The first-order valence-corrected chi connectivity index (χ1v) is 4.84. The number of rotatable bonds is 3. The molecule has 0 atom stereocenters. The van der Waals surface area contributed by atoms with Gasteiger partial charge < -0.3 is 4.74 Å². The van der Waals surface area contributed by atoms with Crippen LogP contribution in [0.15, 0.2) is 0 Å². The fourth-order valence-electron chi connectivity index (χ4n) is 1.53. The number of hydrogen-bond acceptors (Lipinski definition) is 2. The number of ether oxygens (including phenoxy) is 1. The summed E-state index contributed by atoms with van der Waals surface area (Å²) in [5.41, 5.74) is -1.04. The van der Waals surface area contributed by atoms with Gasteiger partial charge >= 0.3 is 0 Å². The molecule has 0 amide bonds. The summed E-state index contributed by atoms with van der Waals surface area (Å²) >= 11 is 0. The Bertz CT molecular complexity index is 166. The zero-order valence-corrected chi connectivity index (χ0v) is 9.06. The zero-order valence-electron chi connectivity index (χ0n) is 9.06. The second kappa shape index (κ2) is 3.54. The Kier molecular flexibility index (Phi) is 2.98. The van der Waals surface area contributed by atoms with Crippen molar-refractivity contribution in [2.75, 3.05) is 26.2 Å². The molecule has 78 valence electrons. The van der Waals surface area contributed by atoms with E-state index in [1.165, 1.54) is 0 Å². The van der Waals surface area contributed by atoms with Gasteiger partial charge in [0, 0.05) is 19.6 Å². The van der Waals surface area contributed by atoms with Crippen molar-refractivity contribution in [2.45, 2.75) is 39.0 Å². The number of alkyl halides is 1. The van der Waals surface area contributed by atoms with E-state index in [-0.39, 0.29) is 5.60 Å². The summed E-state index contributed by atoms with van der Waals surface area (Å²) in [4.78, 5) is 2.08. The molecule has 1 rings (SSSR count). The van der Waals surface area contributed by atoms with Gasteiger partial charge in [0.25, 0.3) is 0 Å². The van der Waals surface area contributed by atoms with E-state index < -0.39 is 5.67 Å². The van der Waals surface area contributed by atoms with Crippen LogP contribution >= 0.6 is 0 Å². The van der Waals surface area contributed by atoms with Gasteiger partial charge in [0.2, 0.25) is 0 Å². The molecule has 0 saturated carbocycles. The molecule has 0 spiro atoms. The third kappa shape index (κ3) is 4.05. The highest BCUT2D eigenvalue weighted by molar-refractivity contribution is 4.91. The van der Waals surface area contributed by atoms with E-state index in [9.17, 15) is 4.39 Å². The predicted octanol–water partition coefficient (Wildman–Crippen LogP) is 1.85. The highest BCUT2D eigenvalue weighted by atomic mass is 19.1. The Morgan fingerprint density at radius 2 is 1.92 bits per heavy atom. The summed E-state index contributed by atoms with van der Waals surface area (Å²) in [6, 6.07) is 0. The van der Waals surface area contributed by atoms with Gasteiger partial charge in [0.05, 0.1) is 12.2 Å². The van der Waals surface area contributed by atoms with Crippen LogP contribution in [0.25, 0.3) is 0 Å². The van der Waals surface area contributed by atoms with E-state index in [2.05, 4.69) is 4.90 Å². The second-order valence-electron chi connectivity index (χ2n) is 5.08. The van der Waals surface area contributed by atoms with Gasteiger partial charge in [-0.15, -0.1) is 0 Å². The molecule has 0 bridgehead atoms. The van der Waals surface area contributed by atoms with Crippen LogP contribution in [0, 0.1) is 0 Å². The van der Waals surface area contributed by atoms with Crippen molar-refractivity contribution in [2.24, 2.45) is 0 Å². The third-order valence-electron chi connectivity index (χ3n) is 2.05. The first-order chi connectivity index (χ1) is 5.79. The highest BCUT2D eigenvalue weighted by Crippen LogP contribution is 2.23. The molecule has 1 saturated heterocycles. The van der Waals surface area contributed by atoms with Crippen LogP contribution in [0.2, 0.25) is 0 Å². The lowest BCUT2D eigenvalue weighted by Gasteiger charge is -2.42.